The van der Waals surface area contributed by atoms with Crippen LogP contribution in [-0.4, -0.2) is 37.8 Å². The molecule has 2 rings (SSSR count). The monoisotopic (exact) mass is 377 g/mol. The van der Waals surface area contributed by atoms with Crippen molar-refractivity contribution in [2.24, 2.45) is 5.92 Å². The van der Waals surface area contributed by atoms with Crippen LogP contribution in [0, 0.1) is 5.92 Å². The van der Waals surface area contributed by atoms with Gasteiger partial charge in [0.2, 0.25) is 0 Å². The molecule has 6 nitrogen and oxygen atoms in total. The number of carbonyl (C=O) groups excluding carboxylic acids is 2. The highest BCUT2D eigenvalue weighted by molar-refractivity contribution is 5.99. The highest BCUT2D eigenvalue weighted by Gasteiger charge is 2.42. The second-order valence-electron chi connectivity index (χ2n) is 7.13. The van der Waals surface area contributed by atoms with E-state index in [1.54, 1.807) is 32.2 Å². The van der Waals surface area contributed by atoms with Crippen molar-refractivity contribution in [1.29, 1.82) is 0 Å². The molecule has 1 aromatic rings. The van der Waals surface area contributed by atoms with E-state index in [-0.39, 0.29) is 12.5 Å². The lowest BCUT2D eigenvalue weighted by atomic mass is 9.78. The Kier molecular flexibility index (Phi) is 7.66. The zero-order valence-corrected chi connectivity index (χ0v) is 16.8. The second-order valence-corrected chi connectivity index (χ2v) is 7.13. The molecule has 1 aromatic carbocycles. The topological polar surface area (TPSA) is 73.9 Å². The number of hydrogen-bond acceptors (Lipinski definition) is 5. The standard InChI is InChI=1S/C21H31NO5/c1-5-12-27-18-10-9-16(13-17(18)19(23)26-6-2)22-20(24)21(25-4)11-7-8-15(3)14-21/h9-10,13,15H,5-8,11-12,14H2,1-4H3,(H,22,24)/t15-,21+/m0/s1. The molecular weight excluding hydrogens is 346 g/mol. The molecule has 0 bridgehead atoms. The van der Waals surface area contributed by atoms with Gasteiger partial charge in [0.1, 0.15) is 16.9 Å². The van der Waals surface area contributed by atoms with Crippen molar-refractivity contribution < 1.29 is 23.8 Å². The van der Waals surface area contributed by atoms with Gasteiger partial charge >= 0.3 is 5.97 Å². The number of anilines is 1. The first-order valence-corrected chi connectivity index (χ1v) is 9.76. The summed E-state index contributed by atoms with van der Waals surface area (Å²) in [6.07, 6.45) is 4.28. The molecule has 0 heterocycles. The molecule has 6 heteroatoms. The number of nitrogens with one attached hydrogen (secondary N) is 1. The van der Waals surface area contributed by atoms with Crippen LogP contribution in [-0.2, 0) is 14.3 Å². The summed E-state index contributed by atoms with van der Waals surface area (Å²) < 4.78 is 16.4. The predicted molar refractivity (Wildman–Crippen MR) is 104 cm³/mol. The Morgan fingerprint density at radius 2 is 2.07 bits per heavy atom. The molecule has 1 fully saturated rings. The molecule has 0 unspecified atom stereocenters. The maximum Gasteiger partial charge on any atom is 0.341 e. The van der Waals surface area contributed by atoms with Gasteiger partial charge in [-0.1, -0.05) is 20.3 Å². The highest BCUT2D eigenvalue weighted by Crippen LogP contribution is 2.36. The van der Waals surface area contributed by atoms with Crippen LogP contribution in [0.2, 0.25) is 0 Å². The minimum Gasteiger partial charge on any atom is -0.493 e. The quantitative estimate of drug-likeness (QED) is 0.688. The Balaban J connectivity index is 2.23. The van der Waals surface area contributed by atoms with Gasteiger partial charge in [-0.15, -0.1) is 0 Å². The van der Waals surface area contributed by atoms with E-state index in [2.05, 4.69) is 12.2 Å². The maximum atomic E-state index is 12.9. The zero-order valence-electron chi connectivity index (χ0n) is 16.8. The van der Waals surface area contributed by atoms with Gasteiger partial charge in [-0.05, 0) is 56.7 Å². The number of ether oxygens (including phenoxy) is 3. The lowest BCUT2D eigenvalue weighted by Crippen LogP contribution is -2.47. The Bertz CT molecular complexity index is 660. The third kappa shape index (κ3) is 5.22. The van der Waals surface area contributed by atoms with Crippen LogP contribution in [0.25, 0.3) is 0 Å². The molecular formula is C21H31NO5. The fourth-order valence-electron chi connectivity index (χ4n) is 3.55. The molecule has 1 aliphatic carbocycles. The number of methoxy groups -OCH3 is 1. The van der Waals surface area contributed by atoms with Gasteiger partial charge in [0, 0.05) is 12.8 Å². The van der Waals surface area contributed by atoms with Gasteiger partial charge in [-0.2, -0.15) is 0 Å². The molecule has 0 aliphatic heterocycles. The first kappa shape index (κ1) is 21.2. The fourth-order valence-corrected chi connectivity index (χ4v) is 3.55. The van der Waals surface area contributed by atoms with Crippen LogP contribution in [0.3, 0.4) is 0 Å². The second kappa shape index (κ2) is 9.74. The van der Waals surface area contributed by atoms with Crippen molar-refractivity contribution in [2.75, 3.05) is 25.6 Å². The van der Waals surface area contributed by atoms with Crippen molar-refractivity contribution in [3.63, 3.8) is 0 Å². The van der Waals surface area contributed by atoms with Crippen LogP contribution >= 0.6 is 0 Å². The molecule has 2 atom stereocenters. The molecule has 0 saturated heterocycles. The van der Waals surface area contributed by atoms with E-state index in [0.717, 1.165) is 19.3 Å². The van der Waals surface area contributed by atoms with Gasteiger partial charge in [-0.25, -0.2) is 4.79 Å². The summed E-state index contributed by atoms with van der Waals surface area (Å²) in [5.41, 5.74) is 0.0206. The smallest absolute Gasteiger partial charge is 0.341 e. The van der Waals surface area contributed by atoms with E-state index >= 15 is 0 Å². The third-order valence-corrected chi connectivity index (χ3v) is 4.95. The molecule has 1 N–H and O–H groups in total. The number of amides is 1. The van der Waals surface area contributed by atoms with Crippen LogP contribution in [0.4, 0.5) is 5.69 Å². The van der Waals surface area contributed by atoms with Gasteiger partial charge < -0.3 is 19.5 Å². The molecule has 0 aromatic heterocycles. The summed E-state index contributed by atoms with van der Waals surface area (Å²) in [6, 6.07) is 5.04. The number of rotatable bonds is 8. The Labute approximate surface area is 161 Å². The molecule has 1 saturated carbocycles. The maximum absolute atomic E-state index is 12.9. The largest absolute Gasteiger partial charge is 0.493 e. The van der Waals surface area contributed by atoms with Gasteiger partial charge in [0.15, 0.2) is 0 Å². The van der Waals surface area contributed by atoms with Crippen molar-refractivity contribution in [3.8, 4) is 5.75 Å². The minimum atomic E-state index is -0.820. The van der Waals surface area contributed by atoms with Crippen molar-refractivity contribution in [1.82, 2.24) is 0 Å². The lowest BCUT2D eigenvalue weighted by Gasteiger charge is -2.37. The van der Waals surface area contributed by atoms with Gasteiger partial charge in [-0.3, -0.25) is 4.79 Å². The third-order valence-electron chi connectivity index (χ3n) is 4.95. The molecule has 27 heavy (non-hydrogen) atoms. The number of esters is 1. The van der Waals surface area contributed by atoms with E-state index in [9.17, 15) is 9.59 Å². The Hall–Kier alpha value is -2.08. The molecule has 150 valence electrons. The molecule has 1 amide bonds. The number of hydrogen-bond donors (Lipinski definition) is 1. The number of carbonyl (C=O) groups is 2. The summed E-state index contributed by atoms with van der Waals surface area (Å²) in [7, 11) is 1.59. The normalized spacial score (nSPS) is 22.1. The van der Waals surface area contributed by atoms with E-state index < -0.39 is 11.6 Å². The average molecular weight is 377 g/mol. The fraction of sp³-hybridized carbons (Fsp3) is 0.619. The van der Waals surface area contributed by atoms with E-state index in [4.69, 9.17) is 14.2 Å². The summed E-state index contributed by atoms with van der Waals surface area (Å²) in [6.45, 7) is 6.66. The van der Waals surface area contributed by atoms with Crippen molar-refractivity contribution in [3.05, 3.63) is 23.8 Å². The SMILES string of the molecule is CCCOc1ccc(NC(=O)[C@@]2(OC)CCC[C@H](C)C2)cc1C(=O)OCC. The van der Waals surface area contributed by atoms with E-state index in [0.29, 0.717) is 42.4 Å². The van der Waals surface area contributed by atoms with Crippen molar-refractivity contribution >= 4 is 17.6 Å². The summed E-state index contributed by atoms with van der Waals surface area (Å²) in [4.78, 5) is 25.2. The van der Waals surface area contributed by atoms with Crippen LogP contribution in [0.5, 0.6) is 5.75 Å². The van der Waals surface area contributed by atoms with Crippen molar-refractivity contribution in [2.45, 2.75) is 58.5 Å². The lowest BCUT2D eigenvalue weighted by molar-refractivity contribution is -0.143. The first-order valence-electron chi connectivity index (χ1n) is 9.76. The van der Waals surface area contributed by atoms with Crippen LogP contribution in [0.15, 0.2) is 18.2 Å². The van der Waals surface area contributed by atoms with Crippen LogP contribution < -0.4 is 10.1 Å². The van der Waals surface area contributed by atoms with E-state index in [1.807, 2.05) is 6.92 Å². The molecule has 0 spiro atoms. The van der Waals surface area contributed by atoms with Gasteiger partial charge in [0.25, 0.3) is 5.91 Å². The first-order chi connectivity index (χ1) is 13.0. The van der Waals surface area contributed by atoms with E-state index in [1.165, 1.54) is 0 Å². The van der Waals surface area contributed by atoms with Crippen LogP contribution in [0.1, 0.15) is 63.2 Å². The summed E-state index contributed by atoms with van der Waals surface area (Å²) in [5.74, 6) is 0.256. The zero-order chi connectivity index (χ0) is 19.9. The predicted octanol–water partition coefficient (Wildman–Crippen LogP) is 4.19. The summed E-state index contributed by atoms with van der Waals surface area (Å²) in [5, 5.41) is 2.92. The number of benzene rings is 1. The summed E-state index contributed by atoms with van der Waals surface area (Å²) >= 11 is 0. The molecule has 1 aliphatic rings. The highest BCUT2D eigenvalue weighted by atomic mass is 16.5. The minimum absolute atomic E-state index is 0.173. The average Bonchev–Trinajstić information content (AvgIpc) is 2.66. The Morgan fingerprint density at radius 3 is 2.70 bits per heavy atom. The Morgan fingerprint density at radius 1 is 1.30 bits per heavy atom. The van der Waals surface area contributed by atoms with Gasteiger partial charge in [0.05, 0.1) is 13.2 Å². The molecule has 0 radical (unpaired) electrons.